The van der Waals surface area contributed by atoms with Crippen LogP contribution >= 0.6 is 0 Å². The number of amides is 1. The van der Waals surface area contributed by atoms with E-state index in [0.717, 1.165) is 5.56 Å². The summed E-state index contributed by atoms with van der Waals surface area (Å²) in [5, 5.41) is 2.71. The second-order valence-electron chi connectivity index (χ2n) is 6.15. The van der Waals surface area contributed by atoms with Crippen LogP contribution in [-0.4, -0.2) is 51.5 Å². The van der Waals surface area contributed by atoms with Crippen molar-refractivity contribution in [3.63, 3.8) is 0 Å². The zero-order valence-corrected chi connectivity index (χ0v) is 15.5. The summed E-state index contributed by atoms with van der Waals surface area (Å²) in [7, 11) is -3.78. The van der Waals surface area contributed by atoms with E-state index < -0.39 is 15.9 Å². The number of ether oxygens (including phenoxy) is 1. The minimum Gasteiger partial charge on any atom is -0.379 e. The molecule has 1 amide bonds. The number of nitrogens with one attached hydrogen (secondary N) is 1. The molecule has 3 rings (SSSR count). The molecule has 8 heteroatoms. The molecule has 2 aromatic rings. The second kappa shape index (κ2) is 8.60. The van der Waals surface area contributed by atoms with E-state index in [1.165, 1.54) is 28.6 Å². The van der Waals surface area contributed by atoms with Crippen molar-refractivity contribution in [2.45, 2.75) is 11.3 Å². The fraction of sp³-hybridized carbons (Fsp3) is 0.316. The number of benzene rings is 2. The maximum atomic E-state index is 13.2. The summed E-state index contributed by atoms with van der Waals surface area (Å²) in [5.41, 5.74) is 0.854. The van der Waals surface area contributed by atoms with Crippen LogP contribution in [0.4, 0.5) is 4.39 Å². The van der Waals surface area contributed by atoms with Gasteiger partial charge in [0.1, 0.15) is 5.82 Å². The lowest BCUT2D eigenvalue weighted by atomic mass is 10.1. The molecule has 0 aromatic heterocycles. The molecule has 1 fully saturated rings. The molecule has 0 radical (unpaired) electrons. The number of carbonyl (C=O) groups is 1. The molecular weight excluding hydrogens is 371 g/mol. The van der Waals surface area contributed by atoms with Crippen molar-refractivity contribution in [3.8, 4) is 0 Å². The van der Waals surface area contributed by atoms with Crippen LogP contribution in [0.1, 0.15) is 15.9 Å². The van der Waals surface area contributed by atoms with Crippen molar-refractivity contribution in [2.75, 3.05) is 32.8 Å². The van der Waals surface area contributed by atoms with Gasteiger partial charge in [-0.25, -0.2) is 12.8 Å². The second-order valence-corrected chi connectivity index (χ2v) is 8.05. The Morgan fingerprint density at radius 1 is 1.11 bits per heavy atom. The van der Waals surface area contributed by atoms with Gasteiger partial charge in [-0.3, -0.25) is 4.79 Å². The van der Waals surface area contributed by atoms with Crippen molar-refractivity contribution >= 4 is 15.9 Å². The van der Waals surface area contributed by atoms with Gasteiger partial charge in [0.05, 0.1) is 23.7 Å². The van der Waals surface area contributed by atoms with E-state index in [-0.39, 0.29) is 35.9 Å². The number of halogens is 1. The lowest BCUT2D eigenvalue weighted by molar-refractivity contribution is 0.0730. The molecule has 0 unspecified atom stereocenters. The monoisotopic (exact) mass is 392 g/mol. The molecule has 144 valence electrons. The van der Waals surface area contributed by atoms with Crippen LogP contribution < -0.4 is 5.32 Å². The van der Waals surface area contributed by atoms with E-state index in [9.17, 15) is 17.6 Å². The predicted molar refractivity (Wildman–Crippen MR) is 98.5 cm³/mol. The smallest absolute Gasteiger partial charge is 0.252 e. The van der Waals surface area contributed by atoms with Crippen molar-refractivity contribution in [1.29, 1.82) is 0 Å². The number of nitrogens with zero attached hydrogens (tertiary/aromatic N) is 1. The van der Waals surface area contributed by atoms with Gasteiger partial charge >= 0.3 is 0 Å². The third kappa shape index (κ3) is 4.71. The quantitative estimate of drug-likeness (QED) is 0.814. The first kappa shape index (κ1) is 19.5. The Labute approximate surface area is 158 Å². The Morgan fingerprint density at radius 3 is 2.59 bits per heavy atom. The summed E-state index contributed by atoms with van der Waals surface area (Å²) in [6.45, 7) is 1.46. The highest BCUT2D eigenvalue weighted by atomic mass is 32.2. The van der Waals surface area contributed by atoms with Crippen LogP contribution in [-0.2, 0) is 21.2 Å². The number of hydrogen-bond donors (Lipinski definition) is 1. The minimum absolute atomic E-state index is 0.0184. The first-order valence-electron chi connectivity index (χ1n) is 8.68. The van der Waals surface area contributed by atoms with Gasteiger partial charge in [0, 0.05) is 19.6 Å². The number of sulfonamides is 1. The lowest BCUT2D eigenvalue weighted by Crippen LogP contribution is -2.41. The van der Waals surface area contributed by atoms with E-state index >= 15 is 0 Å². The zero-order chi connectivity index (χ0) is 19.3. The maximum Gasteiger partial charge on any atom is 0.252 e. The highest BCUT2D eigenvalue weighted by molar-refractivity contribution is 7.89. The van der Waals surface area contributed by atoms with Crippen molar-refractivity contribution < 1.29 is 22.3 Å². The van der Waals surface area contributed by atoms with E-state index in [2.05, 4.69) is 5.32 Å². The van der Waals surface area contributed by atoms with Gasteiger partial charge in [-0.15, -0.1) is 0 Å². The Bertz CT molecular complexity index is 911. The van der Waals surface area contributed by atoms with Crippen LogP contribution in [0.25, 0.3) is 0 Å². The molecule has 1 aliphatic rings. The largest absolute Gasteiger partial charge is 0.379 e. The van der Waals surface area contributed by atoms with Crippen LogP contribution in [0.2, 0.25) is 0 Å². The first-order valence-corrected chi connectivity index (χ1v) is 10.1. The highest BCUT2D eigenvalue weighted by Gasteiger charge is 2.29. The molecule has 0 bridgehead atoms. The Morgan fingerprint density at radius 2 is 1.85 bits per heavy atom. The normalized spacial score (nSPS) is 15.4. The molecule has 1 heterocycles. The van der Waals surface area contributed by atoms with Crippen LogP contribution in [0, 0.1) is 5.82 Å². The van der Waals surface area contributed by atoms with Gasteiger partial charge in [-0.2, -0.15) is 4.31 Å². The number of carbonyl (C=O) groups excluding carboxylic acids is 1. The van der Waals surface area contributed by atoms with Gasteiger partial charge in [-0.05, 0) is 36.2 Å². The van der Waals surface area contributed by atoms with E-state index in [1.807, 2.05) is 0 Å². The fourth-order valence-electron chi connectivity index (χ4n) is 2.91. The van der Waals surface area contributed by atoms with Gasteiger partial charge in [0.15, 0.2) is 0 Å². The van der Waals surface area contributed by atoms with Crippen molar-refractivity contribution in [3.05, 3.63) is 65.5 Å². The molecule has 1 N–H and O–H groups in total. The van der Waals surface area contributed by atoms with Crippen LogP contribution in [0.3, 0.4) is 0 Å². The molecule has 0 spiro atoms. The molecule has 2 aromatic carbocycles. The number of morpholine rings is 1. The van der Waals surface area contributed by atoms with E-state index in [4.69, 9.17) is 4.74 Å². The SMILES string of the molecule is O=C(NCCc1cccc(F)c1)c1ccccc1S(=O)(=O)N1CCOCC1. The lowest BCUT2D eigenvalue weighted by Gasteiger charge is -2.26. The maximum absolute atomic E-state index is 13.2. The third-order valence-electron chi connectivity index (χ3n) is 4.31. The number of hydrogen-bond acceptors (Lipinski definition) is 4. The molecule has 0 saturated carbocycles. The van der Waals surface area contributed by atoms with Crippen molar-refractivity contribution in [2.24, 2.45) is 0 Å². The van der Waals surface area contributed by atoms with E-state index in [1.54, 1.807) is 24.3 Å². The van der Waals surface area contributed by atoms with E-state index in [0.29, 0.717) is 19.6 Å². The van der Waals surface area contributed by atoms with Gasteiger partial charge in [0.25, 0.3) is 5.91 Å². The average molecular weight is 392 g/mol. The average Bonchev–Trinajstić information content (AvgIpc) is 2.68. The summed E-state index contributed by atoms with van der Waals surface area (Å²) < 4.78 is 45.5. The molecule has 0 aliphatic carbocycles. The highest BCUT2D eigenvalue weighted by Crippen LogP contribution is 2.21. The summed E-state index contributed by atoms with van der Waals surface area (Å²) in [4.78, 5) is 12.5. The standard InChI is InChI=1S/C19H21FN2O4S/c20-16-5-3-4-15(14-16)8-9-21-19(23)17-6-1-2-7-18(17)27(24,25)22-10-12-26-13-11-22/h1-7,14H,8-13H2,(H,21,23). The molecule has 1 aliphatic heterocycles. The molecule has 0 atom stereocenters. The zero-order valence-electron chi connectivity index (χ0n) is 14.7. The Balaban J connectivity index is 1.72. The Hall–Kier alpha value is -2.29. The number of rotatable bonds is 6. The topological polar surface area (TPSA) is 75.7 Å². The fourth-order valence-corrected chi connectivity index (χ4v) is 4.51. The summed E-state index contributed by atoms with van der Waals surface area (Å²) in [6, 6.07) is 12.3. The van der Waals surface area contributed by atoms with Crippen LogP contribution in [0.15, 0.2) is 53.4 Å². The van der Waals surface area contributed by atoms with Gasteiger partial charge < -0.3 is 10.1 Å². The van der Waals surface area contributed by atoms with Crippen LogP contribution in [0.5, 0.6) is 0 Å². The van der Waals surface area contributed by atoms with Gasteiger partial charge in [-0.1, -0.05) is 24.3 Å². The molecule has 6 nitrogen and oxygen atoms in total. The summed E-state index contributed by atoms with van der Waals surface area (Å²) in [6.07, 6.45) is 0.446. The first-order chi connectivity index (χ1) is 13.0. The van der Waals surface area contributed by atoms with Gasteiger partial charge in [0.2, 0.25) is 10.0 Å². The summed E-state index contributed by atoms with van der Waals surface area (Å²) >= 11 is 0. The molecule has 1 saturated heterocycles. The third-order valence-corrected chi connectivity index (χ3v) is 6.26. The molecule has 27 heavy (non-hydrogen) atoms. The summed E-state index contributed by atoms with van der Waals surface area (Å²) in [5.74, 6) is -0.806. The minimum atomic E-state index is -3.78. The molecular formula is C19H21FN2O4S. The Kier molecular flexibility index (Phi) is 6.20. The predicted octanol–water partition coefficient (Wildman–Crippen LogP) is 1.82. The van der Waals surface area contributed by atoms with Crippen molar-refractivity contribution in [1.82, 2.24) is 9.62 Å².